The van der Waals surface area contributed by atoms with E-state index in [1.54, 1.807) is 0 Å². The Labute approximate surface area is 124 Å². The minimum Gasteiger partial charge on any atom is -0.376 e. The topological polar surface area (TPSA) is 41.7 Å². The van der Waals surface area contributed by atoms with Gasteiger partial charge in [-0.1, -0.05) is 6.92 Å². The van der Waals surface area contributed by atoms with E-state index in [4.69, 9.17) is 10.5 Å². The van der Waals surface area contributed by atoms with E-state index in [1.807, 2.05) is 0 Å². The van der Waals surface area contributed by atoms with E-state index in [0.717, 1.165) is 32.7 Å². The molecule has 2 unspecified atom stereocenters. The third kappa shape index (κ3) is 3.53. The first-order valence-electron chi connectivity index (χ1n) is 8.42. The van der Waals surface area contributed by atoms with Gasteiger partial charge in [-0.15, -0.1) is 0 Å². The number of rotatable bonds is 4. The molecule has 2 atom stereocenters. The van der Waals surface area contributed by atoms with Crippen molar-refractivity contribution in [3.05, 3.63) is 0 Å². The summed E-state index contributed by atoms with van der Waals surface area (Å²) in [5, 5.41) is 0. The van der Waals surface area contributed by atoms with Crippen LogP contribution in [0.2, 0.25) is 0 Å². The van der Waals surface area contributed by atoms with Gasteiger partial charge in [-0.05, 0) is 46.1 Å². The van der Waals surface area contributed by atoms with Gasteiger partial charge < -0.3 is 15.4 Å². The first kappa shape index (κ1) is 16.2. The highest BCUT2D eigenvalue weighted by Gasteiger charge is 2.39. The lowest BCUT2D eigenvalue weighted by Gasteiger charge is -2.47. The fourth-order valence-corrected chi connectivity index (χ4v) is 3.76. The van der Waals surface area contributed by atoms with Crippen LogP contribution in [0.4, 0.5) is 0 Å². The fourth-order valence-electron chi connectivity index (χ4n) is 3.76. The molecule has 0 aromatic carbocycles. The van der Waals surface area contributed by atoms with Gasteiger partial charge in [0.05, 0.1) is 12.7 Å². The molecule has 2 aliphatic heterocycles. The predicted molar refractivity (Wildman–Crippen MR) is 83.9 cm³/mol. The highest BCUT2D eigenvalue weighted by molar-refractivity contribution is 4.96. The van der Waals surface area contributed by atoms with E-state index in [2.05, 4.69) is 30.6 Å². The molecule has 0 aromatic rings. The molecular weight excluding hydrogens is 250 g/mol. The summed E-state index contributed by atoms with van der Waals surface area (Å²) >= 11 is 0. The van der Waals surface area contributed by atoms with Gasteiger partial charge in [0.1, 0.15) is 0 Å². The van der Waals surface area contributed by atoms with Crippen molar-refractivity contribution >= 4 is 0 Å². The van der Waals surface area contributed by atoms with Gasteiger partial charge in [-0.25, -0.2) is 0 Å². The smallest absolute Gasteiger partial charge is 0.0700 e. The first-order chi connectivity index (χ1) is 9.61. The first-order valence-corrected chi connectivity index (χ1v) is 8.42. The van der Waals surface area contributed by atoms with Crippen molar-refractivity contribution in [1.82, 2.24) is 9.80 Å². The zero-order valence-corrected chi connectivity index (χ0v) is 13.6. The van der Waals surface area contributed by atoms with Crippen LogP contribution in [0.1, 0.15) is 46.5 Å². The Morgan fingerprint density at radius 1 is 1.25 bits per heavy atom. The zero-order chi connectivity index (χ0) is 14.6. The van der Waals surface area contributed by atoms with Crippen LogP contribution in [0, 0.1) is 0 Å². The van der Waals surface area contributed by atoms with Crippen molar-refractivity contribution in [3.63, 3.8) is 0 Å². The Morgan fingerprint density at radius 2 is 2.05 bits per heavy atom. The summed E-state index contributed by atoms with van der Waals surface area (Å²) in [6, 6.07) is 0.650. The third-order valence-corrected chi connectivity index (χ3v) is 5.33. The van der Waals surface area contributed by atoms with Crippen LogP contribution in [0.5, 0.6) is 0 Å². The second-order valence-electron chi connectivity index (χ2n) is 6.76. The maximum atomic E-state index is 6.25. The summed E-state index contributed by atoms with van der Waals surface area (Å²) in [7, 11) is 0. The van der Waals surface area contributed by atoms with E-state index in [1.165, 1.54) is 32.4 Å². The van der Waals surface area contributed by atoms with Gasteiger partial charge >= 0.3 is 0 Å². The molecule has 2 heterocycles. The Hall–Kier alpha value is -0.160. The van der Waals surface area contributed by atoms with Crippen molar-refractivity contribution in [1.29, 1.82) is 0 Å². The molecule has 2 saturated heterocycles. The van der Waals surface area contributed by atoms with E-state index >= 15 is 0 Å². The fraction of sp³-hybridized carbons (Fsp3) is 1.00. The Kier molecular flexibility index (Phi) is 5.84. The summed E-state index contributed by atoms with van der Waals surface area (Å²) in [6.45, 7) is 13.0. The summed E-state index contributed by atoms with van der Waals surface area (Å²) in [4.78, 5) is 5.25. The maximum absolute atomic E-state index is 6.25. The van der Waals surface area contributed by atoms with Crippen molar-refractivity contribution < 1.29 is 4.74 Å². The van der Waals surface area contributed by atoms with Crippen LogP contribution in [0.3, 0.4) is 0 Å². The lowest BCUT2D eigenvalue weighted by molar-refractivity contribution is -0.0728. The Morgan fingerprint density at radius 3 is 2.70 bits per heavy atom. The molecule has 0 spiro atoms. The highest BCUT2D eigenvalue weighted by Crippen LogP contribution is 2.30. The lowest BCUT2D eigenvalue weighted by Crippen LogP contribution is -2.59. The standard InChI is InChI=1S/C16H33N3O/c1-4-15-12-19(10-11-20-15)16(13-17)6-5-8-18(9-7-16)14(2)3/h14-15H,4-13,17H2,1-3H3. The molecule has 2 rings (SSSR count). The molecule has 4 heteroatoms. The van der Waals surface area contributed by atoms with Crippen molar-refractivity contribution in [2.75, 3.05) is 39.3 Å². The van der Waals surface area contributed by atoms with Crippen molar-refractivity contribution in [3.8, 4) is 0 Å². The minimum absolute atomic E-state index is 0.209. The number of morpholine rings is 1. The number of hydrogen-bond acceptors (Lipinski definition) is 4. The Balaban J connectivity index is 2.04. The molecule has 0 radical (unpaired) electrons. The molecule has 2 aliphatic rings. The summed E-state index contributed by atoms with van der Waals surface area (Å²) in [5.41, 5.74) is 6.46. The average molecular weight is 283 g/mol. The number of hydrogen-bond donors (Lipinski definition) is 1. The third-order valence-electron chi connectivity index (χ3n) is 5.33. The highest BCUT2D eigenvalue weighted by atomic mass is 16.5. The molecule has 4 nitrogen and oxygen atoms in total. The largest absolute Gasteiger partial charge is 0.376 e. The van der Waals surface area contributed by atoms with E-state index in [0.29, 0.717) is 12.1 Å². The SMILES string of the molecule is CCC1CN(C2(CN)CCCN(C(C)C)CC2)CCO1. The summed E-state index contributed by atoms with van der Waals surface area (Å²) in [6.07, 6.45) is 5.22. The van der Waals surface area contributed by atoms with E-state index in [-0.39, 0.29) is 5.54 Å². The lowest BCUT2D eigenvalue weighted by atomic mass is 9.87. The van der Waals surface area contributed by atoms with Crippen LogP contribution in [0.15, 0.2) is 0 Å². The second-order valence-corrected chi connectivity index (χ2v) is 6.76. The molecule has 0 amide bonds. The molecule has 20 heavy (non-hydrogen) atoms. The zero-order valence-electron chi connectivity index (χ0n) is 13.6. The van der Waals surface area contributed by atoms with E-state index < -0.39 is 0 Å². The summed E-state index contributed by atoms with van der Waals surface area (Å²) in [5.74, 6) is 0. The van der Waals surface area contributed by atoms with Gasteiger partial charge in [-0.2, -0.15) is 0 Å². The van der Waals surface area contributed by atoms with Crippen LogP contribution in [-0.4, -0.2) is 66.8 Å². The molecule has 0 aromatic heterocycles. The van der Waals surface area contributed by atoms with Crippen molar-refractivity contribution in [2.24, 2.45) is 5.73 Å². The van der Waals surface area contributed by atoms with Crippen LogP contribution in [0.25, 0.3) is 0 Å². The van der Waals surface area contributed by atoms with Gasteiger partial charge in [0.25, 0.3) is 0 Å². The normalized spacial score (nSPS) is 34.4. The van der Waals surface area contributed by atoms with Gasteiger partial charge in [0.2, 0.25) is 0 Å². The Bertz CT molecular complexity index is 297. The molecule has 0 bridgehead atoms. The summed E-state index contributed by atoms with van der Waals surface area (Å²) < 4.78 is 5.84. The molecule has 2 N–H and O–H groups in total. The maximum Gasteiger partial charge on any atom is 0.0700 e. The van der Waals surface area contributed by atoms with E-state index in [9.17, 15) is 0 Å². The van der Waals surface area contributed by atoms with Crippen molar-refractivity contribution in [2.45, 2.75) is 64.1 Å². The molecule has 0 aliphatic carbocycles. The number of likely N-dealkylation sites (tertiary alicyclic amines) is 1. The molecule has 2 fully saturated rings. The van der Waals surface area contributed by atoms with Gasteiger partial charge in [0, 0.05) is 37.8 Å². The second kappa shape index (κ2) is 7.21. The average Bonchev–Trinajstić information content (AvgIpc) is 2.71. The number of ether oxygens (including phenoxy) is 1. The number of nitrogens with zero attached hydrogens (tertiary/aromatic N) is 2. The van der Waals surface area contributed by atoms with Gasteiger partial charge in [-0.3, -0.25) is 4.90 Å². The minimum atomic E-state index is 0.209. The van der Waals surface area contributed by atoms with Gasteiger partial charge in [0.15, 0.2) is 0 Å². The molecular formula is C16H33N3O. The molecule has 118 valence electrons. The van der Waals surface area contributed by atoms with Crippen LogP contribution in [-0.2, 0) is 4.74 Å². The predicted octanol–water partition coefficient (Wildman–Crippen LogP) is 1.69. The van der Waals surface area contributed by atoms with Crippen LogP contribution < -0.4 is 5.73 Å². The van der Waals surface area contributed by atoms with Crippen LogP contribution >= 0.6 is 0 Å². The quantitative estimate of drug-likeness (QED) is 0.852. The number of nitrogens with two attached hydrogens (primary N) is 1. The monoisotopic (exact) mass is 283 g/mol. The molecule has 0 saturated carbocycles.